The van der Waals surface area contributed by atoms with E-state index in [1.165, 1.54) is 16.7 Å². The highest BCUT2D eigenvalue weighted by Crippen LogP contribution is 2.45. The number of Topliss-reactive ketones (excluding diaryl/α,β-unsaturated/α-hetero) is 1. The van der Waals surface area contributed by atoms with Gasteiger partial charge in [0, 0.05) is 24.3 Å². The number of nitrogens with zero attached hydrogens (tertiary/aromatic N) is 5. The van der Waals surface area contributed by atoms with Crippen molar-refractivity contribution in [2.24, 2.45) is 0 Å². The van der Waals surface area contributed by atoms with Gasteiger partial charge in [-0.15, -0.1) is 0 Å². The molecule has 4 rings (SSSR count). The number of anilines is 2. The summed E-state index contributed by atoms with van der Waals surface area (Å²) in [7, 11) is 1.91. The van der Waals surface area contributed by atoms with E-state index in [9.17, 15) is 10.1 Å². The van der Waals surface area contributed by atoms with Gasteiger partial charge in [-0.3, -0.25) is 4.79 Å². The maximum absolute atomic E-state index is 12.9. The van der Waals surface area contributed by atoms with Crippen LogP contribution >= 0.6 is 11.8 Å². The molecule has 0 spiro atoms. The Hall–Kier alpha value is -2.89. The molecule has 1 aromatic heterocycles. The molecule has 142 valence electrons. The van der Waals surface area contributed by atoms with Gasteiger partial charge in [-0.05, 0) is 18.2 Å². The number of carbonyl (C=O) groups excluding carboxylic acids is 1. The van der Waals surface area contributed by atoms with Gasteiger partial charge in [0.15, 0.2) is 0 Å². The minimum atomic E-state index is -0.0935. The third-order valence-electron chi connectivity index (χ3n) is 5.06. The molecule has 0 saturated carbocycles. The van der Waals surface area contributed by atoms with Crippen LogP contribution in [0.4, 0.5) is 11.6 Å². The van der Waals surface area contributed by atoms with Crippen molar-refractivity contribution in [2.45, 2.75) is 4.90 Å². The van der Waals surface area contributed by atoms with E-state index in [1.54, 1.807) is 18.5 Å². The number of quaternary nitrogens is 1. The zero-order chi connectivity index (χ0) is 19.5. The number of para-hydroxylation sites is 1. The molecule has 0 bridgehead atoms. The smallest absolute Gasteiger partial charge is 0.230 e. The van der Waals surface area contributed by atoms with Gasteiger partial charge in [0.2, 0.25) is 11.7 Å². The first-order valence-corrected chi connectivity index (χ1v) is 10.0. The van der Waals surface area contributed by atoms with Gasteiger partial charge in [-0.1, -0.05) is 23.9 Å². The minimum absolute atomic E-state index is 0.0935. The first kappa shape index (κ1) is 18.5. The number of fused-ring (bicyclic) bond motifs is 1. The normalized spacial score (nSPS) is 18.6. The predicted molar refractivity (Wildman–Crippen MR) is 108 cm³/mol. The second-order valence-corrected chi connectivity index (χ2v) is 7.84. The molecule has 0 atom stereocenters. The molecule has 1 N–H and O–H groups in total. The van der Waals surface area contributed by atoms with Crippen LogP contribution in [0, 0.1) is 11.3 Å². The Morgan fingerprint density at radius 3 is 2.61 bits per heavy atom. The van der Waals surface area contributed by atoms with E-state index in [1.807, 2.05) is 36.2 Å². The first-order chi connectivity index (χ1) is 13.7. The van der Waals surface area contributed by atoms with E-state index >= 15 is 0 Å². The Morgan fingerprint density at radius 2 is 1.93 bits per heavy atom. The van der Waals surface area contributed by atoms with Gasteiger partial charge < -0.3 is 14.7 Å². The summed E-state index contributed by atoms with van der Waals surface area (Å²) in [6.07, 6.45) is 3.48. The number of hydrogen-bond acceptors (Lipinski definition) is 7. The van der Waals surface area contributed by atoms with E-state index < -0.39 is 0 Å². The maximum Gasteiger partial charge on any atom is 0.230 e. The Kier molecular flexibility index (Phi) is 5.28. The van der Waals surface area contributed by atoms with Gasteiger partial charge in [-0.25, -0.2) is 9.97 Å². The van der Waals surface area contributed by atoms with Gasteiger partial charge in [-0.2, -0.15) is 5.26 Å². The molecule has 0 radical (unpaired) electrons. The van der Waals surface area contributed by atoms with E-state index in [4.69, 9.17) is 0 Å². The van der Waals surface area contributed by atoms with Crippen molar-refractivity contribution in [1.29, 1.82) is 5.26 Å². The van der Waals surface area contributed by atoms with Crippen molar-refractivity contribution in [1.82, 2.24) is 9.97 Å². The lowest BCUT2D eigenvalue weighted by molar-refractivity contribution is -0.892. The summed E-state index contributed by atoms with van der Waals surface area (Å²) in [5.41, 5.74) is 1.29. The Bertz CT molecular complexity index is 947. The molecule has 28 heavy (non-hydrogen) atoms. The number of nitrogens with one attached hydrogen (secondary N) is 1. The number of nitriles is 1. The summed E-state index contributed by atoms with van der Waals surface area (Å²) >= 11 is 1.49. The minimum Gasteiger partial charge on any atom is -0.337 e. The molecule has 2 aromatic rings. The number of rotatable bonds is 4. The van der Waals surface area contributed by atoms with Gasteiger partial charge >= 0.3 is 0 Å². The van der Waals surface area contributed by atoms with Crippen LogP contribution in [0.5, 0.6) is 0 Å². The van der Waals surface area contributed by atoms with E-state index in [2.05, 4.69) is 20.9 Å². The monoisotopic (exact) mass is 393 g/mol. The molecular weight excluding hydrogens is 372 g/mol. The highest BCUT2D eigenvalue weighted by Gasteiger charge is 2.30. The van der Waals surface area contributed by atoms with E-state index in [-0.39, 0.29) is 11.4 Å². The lowest BCUT2D eigenvalue weighted by Crippen LogP contribution is -3.15. The molecule has 2 aliphatic rings. The first-order valence-electron chi connectivity index (χ1n) is 9.21. The molecule has 0 amide bonds. The molecule has 0 unspecified atom stereocenters. The molecule has 1 saturated heterocycles. The van der Waals surface area contributed by atoms with Crippen molar-refractivity contribution in [2.75, 3.05) is 49.6 Å². The van der Waals surface area contributed by atoms with Gasteiger partial charge in [0.25, 0.3) is 0 Å². The second kappa shape index (κ2) is 8.00. The van der Waals surface area contributed by atoms with Gasteiger partial charge in [0.1, 0.15) is 23.2 Å². The maximum atomic E-state index is 12.9. The Morgan fingerprint density at radius 1 is 1.21 bits per heavy atom. The van der Waals surface area contributed by atoms with Crippen LogP contribution in [0.2, 0.25) is 0 Å². The van der Waals surface area contributed by atoms with Crippen molar-refractivity contribution >= 4 is 29.2 Å². The third-order valence-corrected chi connectivity index (χ3v) is 6.29. The fourth-order valence-electron chi connectivity index (χ4n) is 3.52. The molecular formula is C20H21N6OS+. The van der Waals surface area contributed by atoms with Crippen LogP contribution in [0.25, 0.3) is 0 Å². The standard InChI is InChI=1S/C20H20N6OS/c1-24-16-5-2-3-6-18(16)28-19(24)15(13-21)17(27)14-25-9-11-26(12-10-25)20-22-7-4-8-23-20/h2-8H,9-12,14H2,1H3/p+1/b19-15-. The molecule has 1 aromatic carbocycles. The summed E-state index contributed by atoms with van der Waals surface area (Å²) in [5, 5.41) is 10.4. The number of benzene rings is 1. The quantitative estimate of drug-likeness (QED) is 0.606. The van der Waals surface area contributed by atoms with E-state index in [0.29, 0.717) is 6.54 Å². The largest absolute Gasteiger partial charge is 0.337 e. The number of ketones is 1. The Labute approximate surface area is 168 Å². The zero-order valence-corrected chi connectivity index (χ0v) is 16.4. The van der Waals surface area contributed by atoms with E-state index in [0.717, 1.165) is 47.7 Å². The summed E-state index contributed by atoms with van der Waals surface area (Å²) in [6, 6.07) is 11.9. The lowest BCUT2D eigenvalue weighted by Gasteiger charge is -2.31. The lowest BCUT2D eigenvalue weighted by atomic mass is 10.1. The molecule has 3 heterocycles. The van der Waals surface area contributed by atoms with Gasteiger partial charge in [0.05, 0.1) is 31.9 Å². The van der Waals surface area contributed by atoms with Crippen molar-refractivity contribution in [3.63, 3.8) is 0 Å². The molecule has 2 aliphatic heterocycles. The van der Waals surface area contributed by atoms with Crippen LogP contribution in [-0.2, 0) is 4.79 Å². The molecule has 8 heteroatoms. The van der Waals surface area contributed by atoms with Crippen LogP contribution in [0.3, 0.4) is 0 Å². The average Bonchev–Trinajstić information content (AvgIpc) is 3.06. The number of hydrogen-bond donors (Lipinski definition) is 1. The van der Waals surface area contributed by atoms with Crippen LogP contribution in [0.15, 0.2) is 58.2 Å². The molecule has 1 fully saturated rings. The number of thioether (sulfide) groups is 1. The third kappa shape index (κ3) is 3.59. The molecule has 7 nitrogen and oxygen atoms in total. The fraction of sp³-hybridized carbons (Fsp3) is 0.300. The van der Waals surface area contributed by atoms with Crippen LogP contribution in [-0.4, -0.2) is 55.5 Å². The number of carbonyl (C=O) groups is 1. The number of piperazine rings is 1. The average molecular weight is 393 g/mol. The highest BCUT2D eigenvalue weighted by molar-refractivity contribution is 8.03. The second-order valence-electron chi connectivity index (χ2n) is 6.81. The van der Waals surface area contributed by atoms with Crippen LogP contribution < -0.4 is 14.7 Å². The SMILES string of the molecule is CN1/C(=C(\C#N)C(=O)C[NH+]2CCN(c3ncccn3)CC2)Sc2ccccc21. The van der Waals surface area contributed by atoms with Crippen molar-refractivity contribution in [3.8, 4) is 6.07 Å². The Balaban J connectivity index is 1.42. The van der Waals surface area contributed by atoms with Crippen molar-refractivity contribution in [3.05, 3.63) is 53.3 Å². The summed E-state index contributed by atoms with van der Waals surface area (Å²) in [6.45, 7) is 3.57. The summed E-state index contributed by atoms with van der Waals surface area (Å²) in [4.78, 5) is 27.8. The number of aromatic nitrogens is 2. The topological polar surface area (TPSA) is 77.6 Å². The van der Waals surface area contributed by atoms with Crippen LogP contribution in [0.1, 0.15) is 0 Å². The zero-order valence-electron chi connectivity index (χ0n) is 15.6. The fourth-order valence-corrected chi connectivity index (χ4v) is 4.68. The summed E-state index contributed by atoms with van der Waals surface area (Å²) < 4.78 is 0. The highest BCUT2D eigenvalue weighted by atomic mass is 32.2. The summed E-state index contributed by atoms with van der Waals surface area (Å²) in [5.74, 6) is 0.638. The predicted octanol–water partition coefficient (Wildman–Crippen LogP) is 0.728. The van der Waals surface area contributed by atoms with Crippen molar-refractivity contribution < 1.29 is 9.69 Å². The molecule has 0 aliphatic carbocycles.